The standard InChI is InChI=1S/C19H23NO5/c1-12-16(19(21)24-4)9-15(25-12)11-20-6-5-13-7-17(22-2)18(23-3)8-14(13)10-20/h7-9H,5-6,10-11H2,1-4H3. The lowest BCUT2D eigenvalue weighted by molar-refractivity contribution is 0.0599. The summed E-state index contributed by atoms with van der Waals surface area (Å²) in [6.45, 7) is 4.13. The Labute approximate surface area is 147 Å². The van der Waals surface area contributed by atoms with Crippen molar-refractivity contribution in [3.8, 4) is 11.5 Å². The SMILES string of the molecule is COC(=O)c1cc(CN2CCc3cc(OC)c(OC)cc3C2)oc1C. The summed E-state index contributed by atoms with van der Waals surface area (Å²) in [6.07, 6.45) is 0.930. The summed E-state index contributed by atoms with van der Waals surface area (Å²) in [5.74, 6) is 2.49. The molecule has 0 spiro atoms. The van der Waals surface area contributed by atoms with Crippen LogP contribution in [-0.4, -0.2) is 38.7 Å². The fourth-order valence-electron chi connectivity index (χ4n) is 3.23. The van der Waals surface area contributed by atoms with Crippen LogP contribution in [0, 0.1) is 6.92 Å². The van der Waals surface area contributed by atoms with E-state index in [0.29, 0.717) is 17.9 Å². The third kappa shape index (κ3) is 3.49. The van der Waals surface area contributed by atoms with Crippen LogP contribution in [0.5, 0.6) is 11.5 Å². The van der Waals surface area contributed by atoms with E-state index in [1.807, 2.05) is 6.07 Å². The molecule has 3 rings (SSSR count). The highest BCUT2D eigenvalue weighted by Gasteiger charge is 2.22. The van der Waals surface area contributed by atoms with Gasteiger partial charge < -0.3 is 18.6 Å². The van der Waals surface area contributed by atoms with E-state index in [9.17, 15) is 4.79 Å². The van der Waals surface area contributed by atoms with Gasteiger partial charge in [-0.2, -0.15) is 0 Å². The molecule has 1 aliphatic heterocycles. The number of hydrogen-bond donors (Lipinski definition) is 0. The first-order valence-electron chi connectivity index (χ1n) is 8.19. The maximum atomic E-state index is 11.7. The average molecular weight is 345 g/mol. The minimum absolute atomic E-state index is 0.367. The quantitative estimate of drug-likeness (QED) is 0.777. The smallest absolute Gasteiger partial charge is 0.341 e. The molecule has 6 nitrogen and oxygen atoms in total. The van der Waals surface area contributed by atoms with Crippen molar-refractivity contribution in [2.75, 3.05) is 27.9 Å². The number of methoxy groups -OCH3 is 3. The molecule has 0 saturated carbocycles. The van der Waals surface area contributed by atoms with Gasteiger partial charge in [-0.05, 0) is 42.7 Å². The molecule has 1 aliphatic rings. The number of benzene rings is 1. The molecule has 0 aliphatic carbocycles. The maximum absolute atomic E-state index is 11.7. The van der Waals surface area contributed by atoms with E-state index in [-0.39, 0.29) is 5.97 Å². The highest BCUT2D eigenvalue weighted by atomic mass is 16.5. The molecule has 0 fully saturated rings. The Balaban J connectivity index is 1.76. The van der Waals surface area contributed by atoms with Crippen LogP contribution < -0.4 is 9.47 Å². The van der Waals surface area contributed by atoms with Gasteiger partial charge in [0.05, 0.1) is 27.9 Å². The lowest BCUT2D eigenvalue weighted by Gasteiger charge is -2.28. The second kappa shape index (κ2) is 7.19. The van der Waals surface area contributed by atoms with Crippen molar-refractivity contribution in [3.05, 3.63) is 46.4 Å². The van der Waals surface area contributed by atoms with Crippen molar-refractivity contribution < 1.29 is 23.4 Å². The van der Waals surface area contributed by atoms with E-state index in [0.717, 1.165) is 36.8 Å². The molecular weight excluding hydrogens is 322 g/mol. The first-order chi connectivity index (χ1) is 12.0. The van der Waals surface area contributed by atoms with Crippen molar-refractivity contribution in [1.29, 1.82) is 0 Å². The van der Waals surface area contributed by atoms with E-state index >= 15 is 0 Å². The fraction of sp³-hybridized carbons (Fsp3) is 0.421. The van der Waals surface area contributed by atoms with Gasteiger partial charge in [0.15, 0.2) is 11.5 Å². The summed E-state index contributed by atoms with van der Waals surface area (Å²) in [5.41, 5.74) is 2.99. The van der Waals surface area contributed by atoms with Crippen molar-refractivity contribution in [3.63, 3.8) is 0 Å². The van der Waals surface area contributed by atoms with Gasteiger partial charge in [-0.1, -0.05) is 0 Å². The summed E-state index contributed by atoms with van der Waals surface area (Å²) in [6, 6.07) is 5.86. The summed E-state index contributed by atoms with van der Waals surface area (Å²) < 4.78 is 21.3. The molecule has 6 heteroatoms. The molecule has 134 valence electrons. The van der Waals surface area contributed by atoms with Crippen LogP contribution in [0.3, 0.4) is 0 Å². The Hall–Kier alpha value is -2.47. The van der Waals surface area contributed by atoms with Crippen molar-refractivity contribution in [2.24, 2.45) is 0 Å². The molecule has 0 unspecified atom stereocenters. The van der Waals surface area contributed by atoms with Gasteiger partial charge in [-0.3, -0.25) is 4.90 Å². The zero-order valence-corrected chi connectivity index (χ0v) is 15.0. The zero-order chi connectivity index (χ0) is 18.0. The number of rotatable bonds is 5. The van der Waals surface area contributed by atoms with E-state index < -0.39 is 0 Å². The van der Waals surface area contributed by atoms with Gasteiger partial charge in [0.1, 0.15) is 17.1 Å². The maximum Gasteiger partial charge on any atom is 0.341 e. The average Bonchev–Trinajstić information content (AvgIpc) is 2.99. The topological polar surface area (TPSA) is 61.1 Å². The highest BCUT2D eigenvalue weighted by molar-refractivity contribution is 5.90. The fourth-order valence-corrected chi connectivity index (χ4v) is 3.23. The number of carbonyl (C=O) groups excluding carboxylic acids is 1. The van der Waals surface area contributed by atoms with Gasteiger partial charge in [0.25, 0.3) is 0 Å². The molecule has 2 heterocycles. The molecule has 2 aromatic rings. The van der Waals surface area contributed by atoms with Gasteiger partial charge in [0, 0.05) is 13.1 Å². The highest BCUT2D eigenvalue weighted by Crippen LogP contribution is 2.33. The Morgan fingerprint density at radius 2 is 1.80 bits per heavy atom. The lowest BCUT2D eigenvalue weighted by Crippen LogP contribution is -2.30. The zero-order valence-electron chi connectivity index (χ0n) is 15.0. The Morgan fingerprint density at radius 1 is 1.12 bits per heavy atom. The van der Waals surface area contributed by atoms with E-state index in [2.05, 4.69) is 11.0 Å². The molecule has 0 saturated heterocycles. The summed E-state index contributed by atoms with van der Waals surface area (Å²) >= 11 is 0. The van der Waals surface area contributed by atoms with Crippen LogP contribution in [0.2, 0.25) is 0 Å². The number of furan rings is 1. The summed E-state index contributed by atoms with van der Waals surface area (Å²) in [4.78, 5) is 14.0. The second-order valence-corrected chi connectivity index (χ2v) is 6.11. The van der Waals surface area contributed by atoms with Crippen LogP contribution in [0.25, 0.3) is 0 Å². The molecule has 1 aromatic heterocycles. The van der Waals surface area contributed by atoms with Crippen molar-refractivity contribution in [1.82, 2.24) is 4.90 Å². The molecular formula is C19H23NO5. The summed E-state index contributed by atoms with van der Waals surface area (Å²) in [7, 11) is 4.67. The Bertz CT molecular complexity index is 780. The number of hydrogen-bond acceptors (Lipinski definition) is 6. The monoisotopic (exact) mass is 345 g/mol. The molecule has 0 atom stereocenters. The second-order valence-electron chi connectivity index (χ2n) is 6.11. The lowest BCUT2D eigenvalue weighted by atomic mass is 9.98. The number of nitrogens with zero attached hydrogens (tertiary/aromatic N) is 1. The minimum Gasteiger partial charge on any atom is -0.493 e. The van der Waals surface area contributed by atoms with Crippen molar-refractivity contribution in [2.45, 2.75) is 26.4 Å². The van der Waals surface area contributed by atoms with Crippen LogP contribution in [0.15, 0.2) is 22.6 Å². The molecule has 0 amide bonds. The molecule has 0 radical (unpaired) electrons. The normalized spacial score (nSPS) is 14.1. The van der Waals surface area contributed by atoms with E-state index in [1.54, 1.807) is 27.2 Å². The minimum atomic E-state index is -0.367. The number of carbonyl (C=O) groups is 1. The molecule has 1 aromatic carbocycles. The Morgan fingerprint density at radius 3 is 2.44 bits per heavy atom. The van der Waals surface area contributed by atoms with E-state index in [4.69, 9.17) is 18.6 Å². The largest absolute Gasteiger partial charge is 0.493 e. The van der Waals surface area contributed by atoms with Gasteiger partial charge in [0.2, 0.25) is 0 Å². The number of esters is 1. The van der Waals surface area contributed by atoms with Gasteiger partial charge in [-0.15, -0.1) is 0 Å². The number of aryl methyl sites for hydroxylation is 1. The Kier molecular flexibility index (Phi) is 4.99. The van der Waals surface area contributed by atoms with Crippen LogP contribution in [0.1, 0.15) is 33.0 Å². The first-order valence-corrected chi connectivity index (χ1v) is 8.19. The molecule has 0 N–H and O–H groups in total. The number of fused-ring (bicyclic) bond motifs is 1. The number of ether oxygens (including phenoxy) is 3. The third-order valence-electron chi connectivity index (χ3n) is 4.55. The van der Waals surface area contributed by atoms with Crippen LogP contribution in [-0.2, 0) is 24.2 Å². The predicted octanol–water partition coefficient (Wildman–Crippen LogP) is 2.95. The third-order valence-corrected chi connectivity index (χ3v) is 4.55. The summed E-state index contributed by atoms with van der Waals surface area (Å²) in [5, 5.41) is 0. The predicted molar refractivity (Wildman–Crippen MR) is 92.1 cm³/mol. The van der Waals surface area contributed by atoms with Crippen LogP contribution >= 0.6 is 0 Å². The molecule has 0 bridgehead atoms. The molecule has 25 heavy (non-hydrogen) atoms. The van der Waals surface area contributed by atoms with Crippen molar-refractivity contribution >= 4 is 5.97 Å². The van der Waals surface area contributed by atoms with Gasteiger partial charge >= 0.3 is 5.97 Å². The van der Waals surface area contributed by atoms with Crippen LogP contribution in [0.4, 0.5) is 0 Å². The van der Waals surface area contributed by atoms with Gasteiger partial charge in [-0.25, -0.2) is 4.79 Å². The first kappa shape index (κ1) is 17.4. The van der Waals surface area contributed by atoms with E-state index in [1.165, 1.54) is 18.2 Å².